The molecule has 1 aromatic carbocycles. The van der Waals surface area contributed by atoms with Crippen molar-refractivity contribution in [3.63, 3.8) is 0 Å². The lowest BCUT2D eigenvalue weighted by Gasteiger charge is -2.38. The first-order chi connectivity index (χ1) is 15.5. The van der Waals surface area contributed by atoms with Crippen molar-refractivity contribution in [3.05, 3.63) is 60.0 Å². The van der Waals surface area contributed by atoms with Crippen LogP contribution in [0.1, 0.15) is 49.3 Å². The Kier molecular flexibility index (Phi) is 6.68. The first-order valence-corrected chi connectivity index (χ1v) is 11.1. The van der Waals surface area contributed by atoms with Gasteiger partial charge in [-0.2, -0.15) is 0 Å². The molecule has 1 aliphatic rings. The number of amides is 2. The van der Waals surface area contributed by atoms with Gasteiger partial charge >= 0.3 is 0 Å². The van der Waals surface area contributed by atoms with Gasteiger partial charge in [-0.3, -0.25) is 14.0 Å². The van der Waals surface area contributed by atoms with Crippen molar-refractivity contribution >= 4 is 17.5 Å². The van der Waals surface area contributed by atoms with E-state index < -0.39 is 0 Å². The topological polar surface area (TPSA) is 88.8 Å². The van der Waals surface area contributed by atoms with Crippen molar-refractivity contribution < 1.29 is 14.3 Å². The number of carbonyl (C=O) groups is 2. The van der Waals surface area contributed by atoms with Gasteiger partial charge in [-0.1, -0.05) is 6.07 Å². The molecule has 0 bridgehead atoms. The Hall–Kier alpha value is -3.42. The van der Waals surface area contributed by atoms with Crippen molar-refractivity contribution in [2.24, 2.45) is 0 Å². The molecule has 2 unspecified atom stereocenters. The third-order valence-corrected chi connectivity index (χ3v) is 5.98. The Morgan fingerprint density at radius 1 is 1.06 bits per heavy atom. The number of nitrogens with zero attached hydrogens (tertiary/aromatic N) is 4. The predicted octanol–water partition coefficient (Wildman–Crippen LogP) is 2.87. The van der Waals surface area contributed by atoms with E-state index >= 15 is 0 Å². The Labute approximate surface area is 187 Å². The zero-order valence-electron chi connectivity index (χ0n) is 18.5. The number of likely N-dealkylation sites (tertiary alicyclic amines) is 1. The second-order valence-electron chi connectivity index (χ2n) is 8.29. The van der Waals surface area contributed by atoms with Crippen molar-refractivity contribution in [2.75, 3.05) is 13.2 Å². The number of piperidine rings is 1. The number of hydrogen-bond acceptors (Lipinski definition) is 5. The fourth-order valence-corrected chi connectivity index (χ4v) is 4.29. The third-order valence-electron chi connectivity index (χ3n) is 5.98. The van der Waals surface area contributed by atoms with Crippen LogP contribution in [-0.4, -0.2) is 56.5 Å². The van der Waals surface area contributed by atoms with E-state index in [0.29, 0.717) is 24.3 Å². The second kappa shape index (κ2) is 9.80. The lowest BCUT2D eigenvalue weighted by atomic mass is 9.97. The van der Waals surface area contributed by atoms with E-state index in [2.05, 4.69) is 29.4 Å². The minimum atomic E-state index is -0.169. The molecular formula is C24H29N5O3. The van der Waals surface area contributed by atoms with Crippen LogP contribution in [0.4, 0.5) is 0 Å². The Balaban J connectivity index is 1.25. The number of aromatic nitrogens is 3. The van der Waals surface area contributed by atoms with Crippen LogP contribution in [0.15, 0.2) is 48.7 Å². The van der Waals surface area contributed by atoms with Gasteiger partial charge in [-0.15, -0.1) is 10.2 Å². The predicted molar refractivity (Wildman–Crippen MR) is 121 cm³/mol. The van der Waals surface area contributed by atoms with Crippen LogP contribution in [-0.2, 0) is 11.2 Å². The first kappa shape index (κ1) is 21.8. The third kappa shape index (κ3) is 4.90. The van der Waals surface area contributed by atoms with Gasteiger partial charge in [-0.05, 0) is 69.5 Å². The minimum Gasteiger partial charge on any atom is -0.484 e. The Morgan fingerprint density at radius 2 is 1.81 bits per heavy atom. The van der Waals surface area contributed by atoms with Gasteiger partial charge in [0.25, 0.3) is 11.8 Å². The summed E-state index contributed by atoms with van der Waals surface area (Å²) in [6.07, 6.45) is 5.71. The molecular weight excluding hydrogens is 406 g/mol. The molecule has 4 rings (SSSR count). The molecule has 1 saturated heterocycles. The highest BCUT2D eigenvalue weighted by atomic mass is 16.5. The molecule has 8 heteroatoms. The van der Waals surface area contributed by atoms with Crippen LogP contribution in [0.5, 0.6) is 5.75 Å². The Morgan fingerprint density at radius 3 is 2.56 bits per heavy atom. The summed E-state index contributed by atoms with van der Waals surface area (Å²) in [5.74, 6) is 1.21. The van der Waals surface area contributed by atoms with Gasteiger partial charge in [0, 0.05) is 36.8 Å². The van der Waals surface area contributed by atoms with E-state index in [1.54, 1.807) is 24.3 Å². The quantitative estimate of drug-likeness (QED) is 0.617. The van der Waals surface area contributed by atoms with Crippen LogP contribution < -0.4 is 10.1 Å². The van der Waals surface area contributed by atoms with Crippen molar-refractivity contribution in [1.29, 1.82) is 0 Å². The molecule has 0 saturated carbocycles. The molecule has 2 amide bonds. The standard InChI is InChI=1S/C24H29N5O3/c1-17-6-5-7-18(2)29(17)23(30)16-32-20-11-9-19(10-12-20)24(31)25-14-13-22-27-26-21-8-3-4-15-28(21)22/h3-4,8-12,15,17-18H,5-7,13-14,16H2,1-2H3,(H,25,31). The van der Waals surface area contributed by atoms with Crippen LogP contribution in [0.3, 0.4) is 0 Å². The number of carbonyl (C=O) groups excluding carboxylic acids is 2. The van der Waals surface area contributed by atoms with E-state index in [1.807, 2.05) is 33.7 Å². The summed E-state index contributed by atoms with van der Waals surface area (Å²) >= 11 is 0. The fraction of sp³-hybridized carbons (Fsp3) is 0.417. The summed E-state index contributed by atoms with van der Waals surface area (Å²) in [5.41, 5.74) is 1.32. The van der Waals surface area contributed by atoms with Crippen molar-refractivity contribution in [3.8, 4) is 5.75 Å². The molecule has 2 atom stereocenters. The molecule has 0 spiro atoms. The molecule has 1 N–H and O–H groups in total. The molecule has 3 heterocycles. The normalized spacial score (nSPS) is 18.5. The van der Waals surface area contributed by atoms with Gasteiger partial charge in [0.2, 0.25) is 0 Å². The molecule has 32 heavy (non-hydrogen) atoms. The molecule has 168 valence electrons. The number of fused-ring (bicyclic) bond motifs is 1. The van der Waals surface area contributed by atoms with Crippen molar-refractivity contribution in [2.45, 2.75) is 51.6 Å². The van der Waals surface area contributed by atoms with Crippen LogP contribution in [0, 0.1) is 0 Å². The first-order valence-electron chi connectivity index (χ1n) is 11.1. The zero-order chi connectivity index (χ0) is 22.5. The van der Waals surface area contributed by atoms with Crippen LogP contribution >= 0.6 is 0 Å². The molecule has 8 nitrogen and oxygen atoms in total. The molecule has 1 aliphatic heterocycles. The minimum absolute atomic E-state index is 0.00648. The maximum atomic E-state index is 12.6. The number of rotatable bonds is 7. The van der Waals surface area contributed by atoms with Crippen LogP contribution in [0.25, 0.3) is 5.65 Å². The van der Waals surface area contributed by atoms with E-state index in [-0.39, 0.29) is 30.5 Å². The van der Waals surface area contributed by atoms with Gasteiger partial charge in [0.05, 0.1) is 0 Å². The fourth-order valence-electron chi connectivity index (χ4n) is 4.29. The average molecular weight is 436 g/mol. The molecule has 0 aliphatic carbocycles. The van der Waals surface area contributed by atoms with Gasteiger partial charge in [0.1, 0.15) is 11.6 Å². The van der Waals surface area contributed by atoms with Gasteiger partial charge in [0.15, 0.2) is 12.3 Å². The smallest absolute Gasteiger partial charge is 0.260 e. The van der Waals surface area contributed by atoms with E-state index in [1.165, 1.54) is 0 Å². The van der Waals surface area contributed by atoms with E-state index in [9.17, 15) is 9.59 Å². The average Bonchev–Trinajstić information content (AvgIpc) is 3.21. The lowest BCUT2D eigenvalue weighted by Crippen LogP contribution is -2.49. The summed E-state index contributed by atoms with van der Waals surface area (Å²) < 4.78 is 7.59. The molecule has 1 fully saturated rings. The number of nitrogens with one attached hydrogen (secondary N) is 1. The number of benzene rings is 1. The number of pyridine rings is 1. The van der Waals surface area contributed by atoms with Gasteiger partial charge in [-0.25, -0.2) is 0 Å². The zero-order valence-corrected chi connectivity index (χ0v) is 18.5. The summed E-state index contributed by atoms with van der Waals surface area (Å²) in [6.45, 7) is 4.64. The molecule has 3 aromatic rings. The Bertz CT molecular complexity index is 1070. The molecule has 2 aromatic heterocycles. The summed E-state index contributed by atoms with van der Waals surface area (Å²) in [4.78, 5) is 27.0. The summed E-state index contributed by atoms with van der Waals surface area (Å²) in [6, 6.07) is 13.1. The van der Waals surface area contributed by atoms with E-state index in [0.717, 1.165) is 30.7 Å². The maximum Gasteiger partial charge on any atom is 0.260 e. The largest absolute Gasteiger partial charge is 0.484 e. The van der Waals surface area contributed by atoms with Crippen molar-refractivity contribution in [1.82, 2.24) is 24.8 Å². The number of hydrogen-bond donors (Lipinski definition) is 1. The summed E-state index contributed by atoms with van der Waals surface area (Å²) in [7, 11) is 0. The monoisotopic (exact) mass is 435 g/mol. The summed E-state index contributed by atoms with van der Waals surface area (Å²) in [5, 5.41) is 11.2. The second-order valence-corrected chi connectivity index (χ2v) is 8.29. The highest BCUT2D eigenvalue weighted by Gasteiger charge is 2.28. The van der Waals surface area contributed by atoms with Gasteiger partial charge < -0.3 is 15.0 Å². The van der Waals surface area contributed by atoms with Crippen LogP contribution in [0.2, 0.25) is 0 Å². The highest BCUT2D eigenvalue weighted by Crippen LogP contribution is 2.23. The SMILES string of the molecule is CC1CCCC(C)N1C(=O)COc1ccc(C(=O)NCCc2nnc3ccccn23)cc1. The van der Waals surface area contributed by atoms with E-state index in [4.69, 9.17) is 4.74 Å². The molecule has 0 radical (unpaired) electrons. The lowest BCUT2D eigenvalue weighted by molar-refractivity contribution is -0.139. The highest BCUT2D eigenvalue weighted by molar-refractivity contribution is 5.94. The maximum absolute atomic E-state index is 12.6. The number of ether oxygens (including phenoxy) is 1.